The summed E-state index contributed by atoms with van der Waals surface area (Å²) in [6.45, 7) is 0. The van der Waals surface area contributed by atoms with Gasteiger partial charge in [-0.25, -0.2) is 0 Å². The summed E-state index contributed by atoms with van der Waals surface area (Å²) >= 11 is 5.79. The van der Waals surface area contributed by atoms with Gasteiger partial charge < -0.3 is 0 Å². The SMILES string of the molecule is O=C(Cl)C1=II=CI=C1. The van der Waals surface area contributed by atoms with Crippen molar-refractivity contribution in [2.75, 3.05) is 0 Å². The van der Waals surface area contributed by atoms with Crippen LogP contribution in [0.1, 0.15) is 0 Å². The van der Waals surface area contributed by atoms with Crippen LogP contribution >= 0.6 is 65.8 Å². The molecule has 5 heteroatoms. The van der Waals surface area contributed by atoms with Gasteiger partial charge in [0.05, 0.1) is 3.51 Å². The average Bonchev–Trinajstić information content (AvgIpc) is 1.90. The summed E-state index contributed by atoms with van der Waals surface area (Å²) in [5.74, 6) is 0. The van der Waals surface area contributed by atoms with E-state index in [0.717, 1.165) is 3.51 Å². The van der Waals surface area contributed by atoms with Crippen molar-refractivity contribution in [2.24, 2.45) is 0 Å². The van der Waals surface area contributed by atoms with Crippen LogP contribution in [0.4, 0.5) is 0 Å². The summed E-state index contributed by atoms with van der Waals surface area (Å²) in [5.41, 5.74) is 0. The Morgan fingerprint density at radius 3 is 2.78 bits per heavy atom. The van der Waals surface area contributed by atoms with Crippen molar-refractivity contribution in [1.82, 2.24) is 0 Å². The van der Waals surface area contributed by atoms with Crippen molar-refractivity contribution in [3.8, 4) is 0 Å². The molecule has 9 heavy (non-hydrogen) atoms. The van der Waals surface area contributed by atoms with Crippen LogP contribution in [0.15, 0.2) is 0 Å². The minimum Gasteiger partial charge on any atom is -0.275 e. The van der Waals surface area contributed by atoms with E-state index in [4.69, 9.17) is 11.6 Å². The molecule has 0 aliphatic carbocycles. The predicted octanol–water partition coefficient (Wildman–Crippen LogP) is 2.33. The lowest BCUT2D eigenvalue weighted by atomic mass is 10.6. The Kier molecular flexibility index (Phi) is 4.52. The fraction of sp³-hybridized carbons (Fsp3) is 0. The molecule has 0 spiro atoms. The summed E-state index contributed by atoms with van der Waals surface area (Å²) in [5, 5.41) is -0.185. The van der Waals surface area contributed by atoms with E-state index < -0.39 is 0 Å². The zero-order valence-corrected chi connectivity index (χ0v) is 11.3. The lowest BCUT2D eigenvalue weighted by molar-refractivity contribution is -0.105. The molecule has 0 aromatic heterocycles. The second kappa shape index (κ2) is 4.60. The summed E-state index contributed by atoms with van der Waals surface area (Å²) in [6, 6.07) is 0. The van der Waals surface area contributed by atoms with Gasteiger partial charge in [0.25, 0.3) is 5.24 Å². The Bertz CT molecular complexity index is 218. The number of halogens is 4. The highest BCUT2D eigenvalue weighted by Crippen LogP contribution is 2.26. The molecule has 0 amide bonds. The number of hydrogen-bond acceptors (Lipinski definition) is 1. The molecule has 0 saturated heterocycles. The molecule has 0 atom stereocenters. The highest BCUT2D eigenvalue weighted by atomic mass is 128. The molecule has 0 bridgehead atoms. The molecule has 1 rings (SSSR count). The van der Waals surface area contributed by atoms with Gasteiger partial charge in [-0.2, -0.15) is 0 Å². The predicted molar refractivity (Wildman–Crippen MR) is 70.1 cm³/mol. The minimum atomic E-state index is -0.185. The Balaban J connectivity index is 2.84. The Morgan fingerprint density at radius 1 is 1.67 bits per heavy atom. The van der Waals surface area contributed by atoms with Crippen molar-refractivity contribution in [3.05, 3.63) is 0 Å². The molecule has 1 nitrogen and oxygen atoms in total. The number of hydrogen-bond donors (Lipinski definition) is 0. The number of rotatable bonds is 1. The van der Waals surface area contributed by atoms with E-state index in [0.29, 0.717) is 16.8 Å². The smallest absolute Gasteiger partial charge is 0.258 e. The second-order valence-electron chi connectivity index (χ2n) is 1.09. The lowest BCUT2D eigenvalue weighted by Crippen LogP contribution is -2.03. The topological polar surface area (TPSA) is 17.1 Å². The maximum Gasteiger partial charge on any atom is 0.258 e. The lowest BCUT2D eigenvalue weighted by Gasteiger charge is -1.90. The van der Waals surface area contributed by atoms with Crippen molar-refractivity contribution >= 4 is 80.6 Å². The molecular weight excluding hydrogens is 480 g/mol. The largest absolute Gasteiger partial charge is 0.275 e. The molecule has 1 aliphatic rings. The molecule has 0 saturated carbocycles. The summed E-state index contributed by atoms with van der Waals surface area (Å²) in [7, 11) is 0. The summed E-state index contributed by atoms with van der Waals surface area (Å²) < 4.78 is 5.47. The normalized spacial score (nSPS) is 18.1. The third kappa shape index (κ3) is 3.10. The molecule has 52 valence electrons. The van der Waals surface area contributed by atoms with Crippen LogP contribution in [-0.2, 0) is 4.79 Å². The van der Waals surface area contributed by atoms with Gasteiger partial charge in [-0.1, -0.05) is 20.7 Å². The van der Waals surface area contributed by atoms with Gasteiger partial charge in [-0.15, -0.1) is 0 Å². The fourth-order valence-electron chi connectivity index (χ4n) is 0.244. The summed E-state index contributed by atoms with van der Waals surface area (Å²) in [4.78, 5) is 10.5. The third-order valence-electron chi connectivity index (χ3n) is 0.544. The monoisotopic (exact) mass is 482 g/mol. The average molecular weight is 482 g/mol. The van der Waals surface area contributed by atoms with E-state index >= 15 is 0 Å². The van der Waals surface area contributed by atoms with Crippen LogP contribution in [0.25, 0.3) is 0 Å². The third-order valence-corrected chi connectivity index (χ3v) is 20.7. The molecule has 0 aromatic carbocycles. The van der Waals surface area contributed by atoms with Crippen molar-refractivity contribution in [3.63, 3.8) is 0 Å². The van der Waals surface area contributed by atoms with Crippen LogP contribution < -0.4 is 0 Å². The van der Waals surface area contributed by atoms with E-state index in [1.54, 1.807) is 0 Å². The molecular formula is C4H2ClI3O. The van der Waals surface area contributed by atoms with Gasteiger partial charge in [0, 0.05) is 2.02 Å². The Morgan fingerprint density at radius 2 is 2.44 bits per heavy atom. The molecule has 0 N–H and O–H groups in total. The highest BCUT2D eigenvalue weighted by molar-refractivity contribution is 15.1. The number of carbonyl (C=O) groups excluding carboxylic acids is 1. The maximum atomic E-state index is 10.5. The Hall–Kier alpha value is 1.76. The molecule has 1 heterocycles. The zero-order chi connectivity index (χ0) is 6.69. The summed E-state index contributed by atoms with van der Waals surface area (Å²) in [6.07, 6.45) is 0. The van der Waals surface area contributed by atoms with E-state index in [2.05, 4.69) is 6.03 Å². The first-order valence-corrected chi connectivity index (χ1v) is 13.4. The van der Waals surface area contributed by atoms with Crippen molar-refractivity contribution in [2.45, 2.75) is 0 Å². The van der Waals surface area contributed by atoms with Crippen LogP contribution in [-0.4, -0.2) is 14.8 Å². The van der Waals surface area contributed by atoms with Crippen molar-refractivity contribution < 1.29 is 4.79 Å². The van der Waals surface area contributed by atoms with Crippen LogP contribution in [0.3, 0.4) is 0 Å². The van der Waals surface area contributed by atoms with E-state index in [9.17, 15) is 4.79 Å². The molecule has 0 unspecified atom stereocenters. The van der Waals surface area contributed by atoms with Crippen LogP contribution in [0, 0.1) is 0 Å². The second-order valence-corrected chi connectivity index (χ2v) is 14.3. The number of carbonyl (C=O) groups is 1. The van der Waals surface area contributed by atoms with Crippen LogP contribution in [0.5, 0.6) is 0 Å². The quantitative estimate of drug-likeness (QED) is 0.415. The first-order chi connectivity index (χ1) is 4.30. The molecule has 0 radical (unpaired) electrons. The van der Waals surface area contributed by atoms with Gasteiger partial charge in [0.15, 0.2) is 0 Å². The molecule has 0 fully saturated rings. The Labute approximate surface area is 83.8 Å². The van der Waals surface area contributed by atoms with E-state index in [1.807, 2.05) is 0 Å². The standard InChI is InChI=1S/C4H2ClI3O/c5-4(9)3-1-6-2-7-8-3/h1-2H. The first kappa shape index (κ1) is 8.85. The fourth-order valence-corrected chi connectivity index (χ4v) is 22.2. The van der Waals surface area contributed by atoms with Gasteiger partial charge in [-0.05, 0) is 49.1 Å². The first-order valence-electron chi connectivity index (χ1n) is 1.92. The van der Waals surface area contributed by atoms with Gasteiger partial charge >= 0.3 is 0 Å². The van der Waals surface area contributed by atoms with Crippen LogP contribution in [0.2, 0.25) is 0 Å². The molecule has 0 aromatic rings. The molecule has 1 aliphatic heterocycles. The highest BCUT2D eigenvalue weighted by Gasteiger charge is 2.02. The van der Waals surface area contributed by atoms with Gasteiger partial charge in [0.1, 0.15) is 0 Å². The minimum absolute atomic E-state index is 0.0701. The van der Waals surface area contributed by atoms with E-state index in [1.165, 1.54) is 0 Å². The van der Waals surface area contributed by atoms with Crippen molar-refractivity contribution in [1.29, 1.82) is 0 Å². The van der Waals surface area contributed by atoms with Gasteiger partial charge in [0.2, 0.25) is 0 Å². The van der Waals surface area contributed by atoms with Gasteiger partial charge in [-0.3, -0.25) is 4.79 Å². The maximum absolute atomic E-state index is 10.5. The zero-order valence-electron chi connectivity index (χ0n) is 4.07. The van der Waals surface area contributed by atoms with E-state index in [-0.39, 0.29) is 42.7 Å².